The standard InChI is InChI=1S/C16H23N3O/c1-19-15-10-6-5-9-14(15)18-16(19)12-13(20)8-4-2-3-7-11-17/h5-6,9-10H,2-4,7-8,11-12,17H2,1H3. The second-order valence-electron chi connectivity index (χ2n) is 5.24. The van der Waals surface area contributed by atoms with Gasteiger partial charge in [-0.1, -0.05) is 25.0 Å². The third-order valence-electron chi connectivity index (χ3n) is 3.64. The minimum absolute atomic E-state index is 0.274. The molecule has 0 fully saturated rings. The smallest absolute Gasteiger partial charge is 0.140 e. The predicted octanol–water partition coefficient (Wildman–Crippen LogP) is 2.59. The Labute approximate surface area is 120 Å². The van der Waals surface area contributed by atoms with E-state index in [0.29, 0.717) is 12.8 Å². The third-order valence-corrected chi connectivity index (χ3v) is 3.64. The molecule has 0 bridgehead atoms. The van der Waals surface area contributed by atoms with Gasteiger partial charge in [-0.15, -0.1) is 0 Å². The summed E-state index contributed by atoms with van der Waals surface area (Å²) in [6, 6.07) is 7.98. The Hall–Kier alpha value is -1.68. The molecule has 20 heavy (non-hydrogen) atoms. The number of carbonyl (C=O) groups excluding carboxylic acids is 1. The molecule has 4 heteroatoms. The summed E-state index contributed by atoms with van der Waals surface area (Å²) in [7, 11) is 1.97. The number of rotatable bonds is 8. The van der Waals surface area contributed by atoms with Gasteiger partial charge in [0.05, 0.1) is 17.5 Å². The number of carbonyl (C=O) groups is 1. The van der Waals surface area contributed by atoms with Gasteiger partial charge in [-0.3, -0.25) is 4.79 Å². The first-order chi connectivity index (χ1) is 9.72. The fourth-order valence-corrected chi connectivity index (χ4v) is 2.44. The van der Waals surface area contributed by atoms with E-state index in [1.54, 1.807) is 0 Å². The van der Waals surface area contributed by atoms with Crippen molar-refractivity contribution in [2.24, 2.45) is 12.8 Å². The number of imidazole rings is 1. The van der Waals surface area contributed by atoms with E-state index < -0.39 is 0 Å². The number of fused-ring (bicyclic) bond motifs is 1. The summed E-state index contributed by atoms with van der Waals surface area (Å²) >= 11 is 0. The van der Waals surface area contributed by atoms with E-state index in [0.717, 1.165) is 49.1 Å². The maximum absolute atomic E-state index is 12.0. The SMILES string of the molecule is Cn1c(CC(=O)CCCCCCN)nc2ccccc21. The summed E-state index contributed by atoms with van der Waals surface area (Å²) in [4.78, 5) is 16.5. The van der Waals surface area contributed by atoms with E-state index in [1.807, 2.05) is 35.9 Å². The van der Waals surface area contributed by atoms with Crippen molar-refractivity contribution in [2.75, 3.05) is 6.54 Å². The zero-order valence-corrected chi connectivity index (χ0v) is 12.1. The maximum atomic E-state index is 12.0. The molecule has 0 saturated heterocycles. The van der Waals surface area contributed by atoms with Gasteiger partial charge < -0.3 is 10.3 Å². The number of aromatic nitrogens is 2. The number of hydrogen-bond donors (Lipinski definition) is 1. The fraction of sp³-hybridized carbons (Fsp3) is 0.500. The zero-order chi connectivity index (χ0) is 14.4. The van der Waals surface area contributed by atoms with Gasteiger partial charge in [0, 0.05) is 13.5 Å². The summed E-state index contributed by atoms with van der Waals surface area (Å²) < 4.78 is 2.02. The van der Waals surface area contributed by atoms with E-state index in [-0.39, 0.29) is 5.78 Å². The second-order valence-corrected chi connectivity index (χ2v) is 5.24. The molecule has 0 aliphatic rings. The van der Waals surface area contributed by atoms with Crippen molar-refractivity contribution in [3.8, 4) is 0 Å². The normalized spacial score (nSPS) is 11.1. The summed E-state index contributed by atoms with van der Waals surface area (Å²) in [5.41, 5.74) is 7.49. The Bertz CT molecular complexity index is 574. The van der Waals surface area contributed by atoms with Crippen LogP contribution in [0.4, 0.5) is 0 Å². The molecule has 0 saturated carbocycles. The molecule has 1 aromatic heterocycles. The molecule has 2 rings (SSSR count). The Balaban J connectivity index is 1.88. The molecule has 2 N–H and O–H groups in total. The van der Waals surface area contributed by atoms with Crippen LogP contribution < -0.4 is 5.73 Å². The van der Waals surface area contributed by atoms with Crippen molar-refractivity contribution >= 4 is 16.8 Å². The lowest BCUT2D eigenvalue weighted by molar-refractivity contribution is -0.118. The van der Waals surface area contributed by atoms with E-state index in [2.05, 4.69) is 4.98 Å². The van der Waals surface area contributed by atoms with Crippen molar-refractivity contribution in [2.45, 2.75) is 38.5 Å². The highest BCUT2D eigenvalue weighted by atomic mass is 16.1. The predicted molar refractivity (Wildman–Crippen MR) is 81.6 cm³/mol. The molecule has 0 aliphatic carbocycles. The van der Waals surface area contributed by atoms with Crippen LogP contribution in [0.1, 0.15) is 37.9 Å². The van der Waals surface area contributed by atoms with Crippen LogP contribution in [0, 0.1) is 0 Å². The van der Waals surface area contributed by atoms with Crippen molar-refractivity contribution in [3.05, 3.63) is 30.1 Å². The molecule has 0 amide bonds. The van der Waals surface area contributed by atoms with Gasteiger partial charge in [-0.2, -0.15) is 0 Å². The lowest BCUT2D eigenvalue weighted by Crippen LogP contribution is -2.08. The van der Waals surface area contributed by atoms with E-state index in [4.69, 9.17) is 5.73 Å². The van der Waals surface area contributed by atoms with Gasteiger partial charge >= 0.3 is 0 Å². The van der Waals surface area contributed by atoms with Crippen molar-refractivity contribution in [3.63, 3.8) is 0 Å². The Morgan fingerprint density at radius 1 is 1.20 bits per heavy atom. The highest BCUT2D eigenvalue weighted by Crippen LogP contribution is 2.15. The quantitative estimate of drug-likeness (QED) is 0.752. The summed E-state index contributed by atoms with van der Waals surface area (Å²) in [6.45, 7) is 0.744. The first-order valence-electron chi connectivity index (χ1n) is 7.34. The molecule has 1 heterocycles. The molecule has 0 aliphatic heterocycles. The van der Waals surface area contributed by atoms with Crippen LogP contribution in [0.2, 0.25) is 0 Å². The number of nitrogens with two attached hydrogens (primary N) is 1. The van der Waals surface area contributed by atoms with Crippen LogP contribution in [0.15, 0.2) is 24.3 Å². The third kappa shape index (κ3) is 3.67. The van der Waals surface area contributed by atoms with Crippen LogP contribution in [0.3, 0.4) is 0 Å². The number of unbranched alkanes of at least 4 members (excludes halogenated alkanes) is 3. The number of nitrogens with zero attached hydrogens (tertiary/aromatic N) is 2. The molecule has 108 valence electrons. The number of aryl methyl sites for hydroxylation is 1. The molecule has 0 spiro atoms. The maximum Gasteiger partial charge on any atom is 0.140 e. The van der Waals surface area contributed by atoms with Crippen LogP contribution in [0.25, 0.3) is 11.0 Å². The van der Waals surface area contributed by atoms with E-state index in [1.165, 1.54) is 0 Å². The average molecular weight is 273 g/mol. The van der Waals surface area contributed by atoms with Crippen molar-refractivity contribution in [1.82, 2.24) is 9.55 Å². The fourth-order valence-electron chi connectivity index (χ4n) is 2.44. The van der Waals surface area contributed by atoms with E-state index in [9.17, 15) is 4.79 Å². The van der Waals surface area contributed by atoms with Crippen LogP contribution >= 0.6 is 0 Å². The topological polar surface area (TPSA) is 60.9 Å². The lowest BCUT2D eigenvalue weighted by Gasteiger charge is -2.02. The number of hydrogen-bond acceptors (Lipinski definition) is 3. The minimum atomic E-state index is 0.274. The summed E-state index contributed by atoms with van der Waals surface area (Å²) in [5.74, 6) is 1.13. The Morgan fingerprint density at radius 2 is 1.95 bits per heavy atom. The van der Waals surface area contributed by atoms with Crippen molar-refractivity contribution in [1.29, 1.82) is 0 Å². The van der Waals surface area contributed by atoms with Gasteiger partial charge in [0.15, 0.2) is 0 Å². The lowest BCUT2D eigenvalue weighted by atomic mass is 10.1. The first-order valence-corrected chi connectivity index (χ1v) is 7.34. The van der Waals surface area contributed by atoms with Gasteiger partial charge in [0.25, 0.3) is 0 Å². The van der Waals surface area contributed by atoms with Crippen molar-refractivity contribution < 1.29 is 4.79 Å². The Kier molecular flexibility index (Phi) is 5.30. The molecular formula is C16H23N3O. The average Bonchev–Trinajstić information content (AvgIpc) is 2.76. The number of para-hydroxylation sites is 2. The number of ketones is 1. The van der Waals surface area contributed by atoms with Gasteiger partial charge in [0.2, 0.25) is 0 Å². The van der Waals surface area contributed by atoms with E-state index >= 15 is 0 Å². The molecule has 2 aromatic rings. The molecule has 0 unspecified atom stereocenters. The first kappa shape index (κ1) is 14.7. The molecular weight excluding hydrogens is 250 g/mol. The molecule has 1 aromatic carbocycles. The van der Waals surface area contributed by atoms with Crippen LogP contribution in [-0.2, 0) is 18.3 Å². The number of Topliss-reactive ketones (excluding diaryl/α,β-unsaturated/α-hetero) is 1. The monoisotopic (exact) mass is 273 g/mol. The van der Waals surface area contributed by atoms with Crippen LogP contribution in [0.5, 0.6) is 0 Å². The molecule has 0 atom stereocenters. The summed E-state index contributed by atoms with van der Waals surface area (Å²) in [6.07, 6.45) is 5.30. The minimum Gasteiger partial charge on any atom is -0.331 e. The Morgan fingerprint density at radius 3 is 2.70 bits per heavy atom. The van der Waals surface area contributed by atoms with Crippen LogP contribution in [-0.4, -0.2) is 21.9 Å². The zero-order valence-electron chi connectivity index (χ0n) is 12.1. The highest BCUT2D eigenvalue weighted by molar-refractivity contribution is 5.82. The second kappa shape index (κ2) is 7.20. The van der Waals surface area contributed by atoms with Gasteiger partial charge in [0.1, 0.15) is 11.6 Å². The highest BCUT2D eigenvalue weighted by Gasteiger charge is 2.11. The summed E-state index contributed by atoms with van der Waals surface area (Å²) in [5, 5.41) is 0. The van der Waals surface area contributed by atoms with Gasteiger partial charge in [-0.25, -0.2) is 4.98 Å². The largest absolute Gasteiger partial charge is 0.331 e. The van der Waals surface area contributed by atoms with Gasteiger partial charge in [-0.05, 0) is 31.5 Å². The number of benzene rings is 1. The molecule has 0 radical (unpaired) electrons. The molecule has 4 nitrogen and oxygen atoms in total.